The zero-order chi connectivity index (χ0) is 14.8. The van der Waals surface area contributed by atoms with Crippen molar-refractivity contribution < 1.29 is 17.9 Å². The number of carbonyl (C=O) groups is 1. The number of sulfonamides is 1. The minimum atomic E-state index is -3.99. The number of nitrogens with zero attached hydrogens (tertiary/aromatic N) is 1. The van der Waals surface area contributed by atoms with E-state index in [4.69, 9.17) is 9.88 Å². The molecule has 1 aromatic heterocycles. The Hall–Kier alpha value is -1.45. The Morgan fingerprint density at radius 3 is 2.80 bits per heavy atom. The third-order valence-corrected chi connectivity index (χ3v) is 3.95. The molecule has 1 amide bonds. The summed E-state index contributed by atoms with van der Waals surface area (Å²) in [5.74, 6) is -0.474. The smallest absolute Gasteiger partial charge is 0.273 e. The number of H-pyrrole nitrogens is 1. The number of hydrogen-bond donors (Lipinski definition) is 3. The molecular weight excluding hydrogens is 284 g/mol. The van der Waals surface area contributed by atoms with Crippen molar-refractivity contribution >= 4 is 15.9 Å². The molecule has 2 rings (SSSR count). The Labute approximate surface area is 117 Å². The van der Waals surface area contributed by atoms with Crippen LogP contribution < -0.4 is 10.5 Å². The van der Waals surface area contributed by atoms with E-state index in [1.54, 1.807) is 0 Å². The number of aromatic amines is 1. The average Bonchev–Trinajstić information content (AvgIpc) is 3.11. The van der Waals surface area contributed by atoms with Crippen LogP contribution in [0.15, 0.2) is 4.90 Å². The summed E-state index contributed by atoms with van der Waals surface area (Å²) in [6.07, 6.45) is 1.74. The van der Waals surface area contributed by atoms with E-state index in [2.05, 4.69) is 15.5 Å². The number of rotatable bonds is 7. The summed E-state index contributed by atoms with van der Waals surface area (Å²) in [6.45, 7) is 3.03. The second-order valence-electron chi connectivity index (χ2n) is 4.59. The lowest BCUT2D eigenvalue weighted by Crippen LogP contribution is -2.29. The monoisotopic (exact) mass is 302 g/mol. The Kier molecular flexibility index (Phi) is 4.41. The molecule has 0 aromatic carbocycles. The van der Waals surface area contributed by atoms with E-state index in [0.717, 1.165) is 12.8 Å². The van der Waals surface area contributed by atoms with Crippen molar-refractivity contribution in [1.82, 2.24) is 15.5 Å². The predicted molar refractivity (Wildman–Crippen MR) is 70.8 cm³/mol. The summed E-state index contributed by atoms with van der Waals surface area (Å²) in [5.41, 5.74) is 0.258. The van der Waals surface area contributed by atoms with Gasteiger partial charge in [-0.2, -0.15) is 5.10 Å². The lowest BCUT2D eigenvalue weighted by atomic mass is 10.2. The van der Waals surface area contributed by atoms with Gasteiger partial charge in [-0.25, -0.2) is 13.6 Å². The highest BCUT2D eigenvalue weighted by Crippen LogP contribution is 2.42. The van der Waals surface area contributed by atoms with Gasteiger partial charge in [0.1, 0.15) is 4.90 Å². The molecule has 1 aliphatic rings. The van der Waals surface area contributed by atoms with Gasteiger partial charge in [-0.1, -0.05) is 0 Å². The fourth-order valence-corrected chi connectivity index (χ4v) is 2.83. The van der Waals surface area contributed by atoms with Crippen molar-refractivity contribution in [3.05, 3.63) is 11.4 Å². The van der Waals surface area contributed by atoms with E-state index < -0.39 is 15.9 Å². The van der Waals surface area contributed by atoms with Crippen molar-refractivity contribution in [3.63, 3.8) is 0 Å². The minimum absolute atomic E-state index is 0.0980. The molecule has 4 N–H and O–H groups in total. The maximum Gasteiger partial charge on any atom is 0.273 e. The largest absolute Gasteiger partial charge is 0.380 e. The van der Waals surface area contributed by atoms with Gasteiger partial charge >= 0.3 is 0 Å². The Morgan fingerprint density at radius 1 is 1.55 bits per heavy atom. The van der Waals surface area contributed by atoms with Crippen molar-refractivity contribution in [2.45, 2.75) is 30.6 Å². The first-order valence-electron chi connectivity index (χ1n) is 6.42. The topological polar surface area (TPSA) is 127 Å². The second-order valence-corrected chi connectivity index (χ2v) is 6.09. The zero-order valence-corrected chi connectivity index (χ0v) is 12.0. The van der Waals surface area contributed by atoms with Crippen LogP contribution in [0.3, 0.4) is 0 Å². The molecular formula is C11H18N4O4S. The fourth-order valence-electron chi connectivity index (χ4n) is 1.90. The van der Waals surface area contributed by atoms with Crippen LogP contribution in [0.2, 0.25) is 0 Å². The van der Waals surface area contributed by atoms with Gasteiger partial charge in [0.15, 0.2) is 5.69 Å². The first-order valence-corrected chi connectivity index (χ1v) is 7.96. The summed E-state index contributed by atoms with van der Waals surface area (Å²) in [7, 11) is -3.99. The predicted octanol–water partition coefficient (Wildman–Crippen LogP) is -0.299. The molecule has 0 radical (unpaired) electrons. The Morgan fingerprint density at radius 2 is 2.25 bits per heavy atom. The van der Waals surface area contributed by atoms with Gasteiger partial charge in [0, 0.05) is 19.1 Å². The second kappa shape index (κ2) is 5.90. The summed E-state index contributed by atoms with van der Waals surface area (Å²) in [5, 5.41) is 14.2. The first-order chi connectivity index (χ1) is 9.45. The van der Waals surface area contributed by atoms with Gasteiger partial charge in [-0.15, -0.1) is 0 Å². The van der Waals surface area contributed by atoms with Crippen LogP contribution in [-0.4, -0.2) is 44.3 Å². The molecule has 112 valence electrons. The van der Waals surface area contributed by atoms with Crippen LogP contribution in [-0.2, 0) is 14.8 Å². The van der Waals surface area contributed by atoms with E-state index in [0.29, 0.717) is 18.9 Å². The number of aromatic nitrogens is 2. The Balaban J connectivity index is 2.17. The highest BCUT2D eigenvalue weighted by Gasteiger charge is 2.35. The van der Waals surface area contributed by atoms with E-state index in [9.17, 15) is 13.2 Å². The van der Waals surface area contributed by atoms with Crippen LogP contribution in [0.5, 0.6) is 0 Å². The molecule has 1 saturated carbocycles. The first kappa shape index (κ1) is 14.9. The van der Waals surface area contributed by atoms with Gasteiger partial charge in [-0.05, 0) is 19.8 Å². The molecule has 0 saturated heterocycles. The molecule has 0 aliphatic heterocycles. The molecule has 1 fully saturated rings. The van der Waals surface area contributed by atoms with Gasteiger partial charge < -0.3 is 10.1 Å². The molecule has 20 heavy (non-hydrogen) atoms. The maximum atomic E-state index is 12.0. The SMILES string of the molecule is CCOCCNC(=O)c1n[nH]c(C2CC2)c1S(N)(=O)=O. The third kappa shape index (κ3) is 3.35. The summed E-state index contributed by atoms with van der Waals surface area (Å²) >= 11 is 0. The van der Waals surface area contributed by atoms with E-state index in [1.807, 2.05) is 6.92 Å². The molecule has 0 atom stereocenters. The normalized spacial score (nSPS) is 15.3. The summed E-state index contributed by atoms with van der Waals surface area (Å²) in [4.78, 5) is 11.8. The number of carbonyl (C=O) groups excluding carboxylic acids is 1. The molecule has 1 aromatic rings. The Bertz CT molecular complexity index is 592. The molecule has 8 nitrogen and oxygen atoms in total. The highest BCUT2D eigenvalue weighted by atomic mass is 32.2. The lowest BCUT2D eigenvalue weighted by Gasteiger charge is -2.05. The quantitative estimate of drug-likeness (QED) is 0.596. The summed E-state index contributed by atoms with van der Waals surface area (Å²) in [6, 6.07) is 0. The summed E-state index contributed by atoms with van der Waals surface area (Å²) < 4.78 is 28.4. The number of hydrogen-bond acceptors (Lipinski definition) is 5. The van der Waals surface area contributed by atoms with Crippen molar-refractivity contribution in [3.8, 4) is 0 Å². The fraction of sp³-hybridized carbons (Fsp3) is 0.636. The third-order valence-electron chi connectivity index (χ3n) is 2.97. The van der Waals surface area contributed by atoms with Crippen LogP contribution in [0.4, 0.5) is 0 Å². The maximum absolute atomic E-state index is 12.0. The number of nitrogens with one attached hydrogen (secondary N) is 2. The molecule has 1 aliphatic carbocycles. The van der Waals surface area contributed by atoms with Crippen LogP contribution >= 0.6 is 0 Å². The average molecular weight is 302 g/mol. The lowest BCUT2D eigenvalue weighted by molar-refractivity contribution is 0.0914. The van der Waals surface area contributed by atoms with Crippen LogP contribution in [0, 0.1) is 0 Å². The van der Waals surface area contributed by atoms with Gasteiger partial charge in [0.2, 0.25) is 10.0 Å². The number of nitrogens with two attached hydrogens (primary N) is 1. The zero-order valence-electron chi connectivity index (χ0n) is 11.2. The van der Waals surface area contributed by atoms with Crippen LogP contribution in [0.25, 0.3) is 0 Å². The van der Waals surface area contributed by atoms with Crippen molar-refractivity contribution in [2.24, 2.45) is 5.14 Å². The number of ether oxygens (including phenoxy) is 1. The van der Waals surface area contributed by atoms with Crippen molar-refractivity contribution in [2.75, 3.05) is 19.8 Å². The van der Waals surface area contributed by atoms with Crippen molar-refractivity contribution in [1.29, 1.82) is 0 Å². The highest BCUT2D eigenvalue weighted by molar-refractivity contribution is 7.89. The number of amides is 1. The van der Waals surface area contributed by atoms with Crippen LogP contribution in [0.1, 0.15) is 41.9 Å². The molecule has 0 unspecified atom stereocenters. The molecule has 0 spiro atoms. The van der Waals surface area contributed by atoms with Gasteiger partial charge in [-0.3, -0.25) is 9.89 Å². The standard InChI is InChI=1S/C11H18N4O4S/c1-2-19-6-5-13-11(16)9-10(20(12,17)18)8(14-15-9)7-3-4-7/h7H,2-6H2,1H3,(H,13,16)(H,14,15)(H2,12,17,18). The van der Waals surface area contributed by atoms with E-state index in [-0.39, 0.29) is 23.1 Å². The molecule has 9 heteroatoms. The van der Waals surface area contributed by atoms with Gasteiger partial charge in [0.25, 0.3) is 5.91 Å². The molecule has 1 heterocycles. The van der Waals surface area contributed by atoms with Gasteiger partial charge in [0.05, 0.1) is 12.3 Å². The molecule has 0 bridgehead atoms. The van der Waals surface area contributed by atoms with E-state index in [1.165, 1.54) is 0 Å². The number of primary sulfonamides is 1. The van der Waals surface area contributed by atoms with E-state index >= 15 is 0 Å². The minimum Gasteiger partial charge on any atom is -0.380 e.